The van der Waals surface area contributed by atoms with Gasteiger partial charge in [0.1, 0.15) is 0 Å². The van der Waals surface area contributed by atoms with Gasteiger partial charge < -0.3 is 5.73 Å². The van der Waals surface area contributed by atoms with Gasteiger partial charge in [0.2, 0.25) is 0 Å². The highest BCUT2D eigenvalue weighted by Gasteiger charge is 2.18. The average Bonchev–Trinajstić information content (AvgIpc) is 2.18. The fraction of sp³-hybridized carbons (Fsp3) is 0.538. The Hall–Kier alpha value is -0.820. The van der Waals surface area contributed by atoms with Crippen LogP contribution in [0.15, 0.2) is 24.3 Å². The smallest absolute Gasteiger partial charge is 0.0178 e. The molecule has 1 aromatic carbocycles. The summed E-state index contributed by atoms with van der Waals surface area (Å²) in [7, 11) is 0. The lowest BCUT2D eigenvalue weighted by Crippen LogP contribution is -2.16. The molecule has 78 valence electrons. The fourth-order valence-electron chi connectivity index (χ4n) is 1.86. The summed E-state index contributed by atoms with van der Waals surface area (Å²) in [5.41, 5.74) is 8.48. The van der Waals surface area contributed by atoms with Crippen LogP contribution in [0.5, 0.6) is 0 Å². The molecule has 0 heterocycles. The molecule has 1 rings (SSSR count). The highest BCUT2D eigenvalue weighted by atomic mass is 14.5. The Labute approximate surface area is 87.3 Å². The lowest BCUT2D eigenvalue weighted by molar-refractivity contribution is 0.473. The first kappa shape index (κ1) is 11.3. The lowest BCUT2D eigenvalue weighted by Gasteiger charge is -2.24. The van der Waals surface area contributed by atoms with Crippen LogP contribution >= 0.6 is 0 Å². The minimum Gasteiger partial charge on any atom is -0.326 e. The van der Waals surface area contributed by atoms with Crippen molar-refractivity contribution >= 4 is 0 Å². The van der Waals surface area contributed by atoms with Crippen molar-refractivity contribution in [2.75, 3.05) is 0 Å². The average molecular weight is 191 g/mol. The van der Waals surface area contributed by atoms with E-state index in [9.17, 15) is 0 Å². The molecule has 0 aliphatic heterocycles. The number of benzene rings is 1. The van der Waals surface area contributed by atoms with E-state index in [4.69, 9.17) is 5.73 Å². The maximum absolute atomic E-state index is 5.57. The Morgan fingerprint density at radius 1 is 1.14 bits per heavy atom. The number of rotatable bonds is 4. The van der Waals surface area contributed by atoms with Crippen LogP contribution in [-0.4, -0.2) is 0 Å². The molecule has 2 N–H and O–H groups in total. The van der Waals surface area contributed by atoms with Gasteiger partial charge in [-0.05, 0) is 23.0 Å². The first-order valence-corrected chi connectivity index (χ1v) is 5.39. The molecule has 1 nitrogen and oxygen atoms in total. The number of hydrogen-bond acceptors (Lipinski definition) is 1. The molecule has 14 heavy (non-hydrogen) atoms. The van der Waals surface area contributed by atoms with Gasteiger partial charge in [-0.1, -0.05) is 51.5 Å². The van der Waals surface area contributed by atoms with Crippen LogP contribution in [0.2, 0.25) is 0 Å². The second-order valence-corrected chi connectivity index (χ2v) is 4.53. The standard InChI is InChI=1S/C13H21N/c1-4-9-13(2,3)12-7-5-11(10-14)6-8-12/h5-8H,4,9-10,14H2,1-3H3. The molecule has 0 aliphatic carbocycles. The van der Waals surface area contributed by atoms with Gasteiger partial charge >= 0.3 is 0 Å². The van der Waals surface area contributed by atoms with E-state index in [1.54, 1.807) is 0 Å². The van der Waals surface area contributed by atoms with Gasteiger partial charge in [-0.15, -0.1) is 0 Å². The Morgan fingerprint density at radius 2 is 1.71 bits per heavy atom. The summed E-state index contributed by atoms with van der Waals surface area (Å²) in [4.78, 5) is 0. The molecule has 0 bridgehead atoms. The molecule has 0 unspecified atom stereocenters. The van der Waals surface area contributed by atoms with Crippen LogP contribution in [-0.2, 0) is 12.0 Å². The van der Waals surface area contributed by atoms with Crippen LogP contribution in [0.3, 0.4) is 0 Å². The summed E-state index contributed by atoms with van der Waals surface area (Å²) in [6.45, 7) is 7.46. The van der Waals surface area contributed by atoms with Crippen molar-refractivity contribution < 1.29 is 0 Å². The summed E-state index contributed by atoms with van der Waals surface area (Å²) in [5.74, 6) is 0. The summed E-state index contributed by atoms with van der Waals surface area (Å²) in [5, 5.41) is 0. The first-order valence-electron chi connectivity index (χ1n) is 5.39. The summed E-state index contributed by atoms with van der Waals surface area (Å²) < 4.78 is 0. The van der Waals surface area contributed by atoms with E-state index >= 15 is 0 Å². The fourth-order valence-corrected chi connectivity index (χ4v) is 1.86. The van der Waals surface area contributed by atoms with Crippen molar-refractivity contribution in [1.82, 2.24) is 0 Å². The molecular formula is C13H21N. The van der Waals surface area contributed by atoms with Crippen LogP contribution in [0.25, 0.3) is 0 Å². The molecule has 0 saturated heterocycles. The normalized spacial score (nSPS) is 11.7. The largest absolute Gasteiger partial charge is 0.326 e. The molecule has 0 fully saturated rings. The summed E-state index contributed by atoms with van der Waals surface area (Å²) in [6.07, 6.45) is 2.46. The second kappa shape index (κ2) is 4.61. The third kappa shape index (κ3) is 2.58. The van der Waals surface area contributed by atoms with Crippen molar-refractivity contribution in [3.63, 3.8) is 0 Å². The molecule has 0 radical (unpaired) electrons. The van der Waals surface area contributed by atoms with Gasteiger partial charge in [0.15, 0.2) is 0 Å². The maximum Gasteiger partial charge on any atom is 0.0178 e. The molecule has 0 amide bonds. The Morgan fingerprint density at radius 3 is 2.14 bits per heavy atom. The second-order valence-electron chi connectivity index (χ2n) is 4.53. The van der Waals surface area contributed by atoms with Crippen LogP contribution in [0.1, 0.15) is 44.7 Å². The topological polar surface area (TPSA) is 26.0 Å². The molecular weight excluding hydrogens is 170 g/mol. The van der Waals surface area contributed by atoms with Crippen LogP contribution in [0, 0.1) is 0 Å². The van der Waals surface area contributed by atoms with Crippen molar-refractivity contribution in [1.29, 1.82) is 0 Å². The van der Waals surface area contributed by atoms with E-state index in [1.807, 2.05) is 0 Å². The van der Waals surface area contributed by atoms with E-state index in [2.05, 4.69) is 45.0 Å². The Kier molecular flexibility index (Phi) is 3.70. The molecule has 1 heteroatoms. The Balaban J connectivity index is 2.85. The lowest BCUT2D eigenvalue weighted by atomic mass is 9.80. The molecule has 1 aromatic rings. The quantitative estimate of drug-likeness (QED) is 0.777. The van der Waals surface area contributed by atoms with Crippen LogP contribution in [0.4, 0.5) is 0 Å². The monoisotopic (exact) mass is 191 g/mol. The SMILES string of the molecule is CCCC(C)(C)c1ccc(CN)cc1. The molecule has 0 spiro atoms. The zero-order chi connectivity index (χ0) is 10.6. The van der Waals surface area contributed by atoms with Crippen molar-refractivity contribution in [3.8, 4) is 0 Å². The highest BCUT2D eigenvalue weighted by molar-refractivity contribution is 5.27. The number of nitrogens with two attached hydrogens (primary N) is 1. The first-order chi connectivity index (χ1) is 6.60. The van der Waals surface area contributed by atoms with Gasteiger partial charge in [-0.25, -0.2) is 0 Å². The van der Waals surface area contributed by atoms with E-state index in [-0.39, 0.29) is 0 Å². The van der Waals surface area contributed by atoms with Crippen molar-refractivity contribution in [2.45, 2.75) is 45.6 Å². The number of hydrogen-bond donors (Lipinski definition) is 1. The third-order valence-corrected chi connectivity index (χ3v) is 2.85. The zero-order valence-corrected chi connectivity index (χ0v) is 9.51. The molecule has 0 saturated carbocycles. The van der Waals surface area contributed by atoms with Crippen LogP contribution < -0.4 is 5.73 Å². The third-order valence-electron chi connectivity index (χ3n) is 2.85. The maximum atomic E-state index is 5.57. The van der Waals surface area contributed by atoms with E-state index in [0.29, 0.717) is 12.0 Å². The Bertz CT molecular complexity index is 272. The van der Waals surface area contributed by atoms with Gasteiger partial charge in [-0.2, -0.15) is 0 Å². The van der Waals surface area contributed by atoms with Crippen molar-refractivity contribution in [2.24, 2.45) is 5.73 Å². The minimum absolute atomic E-state index is 0.294. The molecule has 0 aromatic heterocycles. The van der Waals surface area contributed by atoms with Gasteiger partial charge in [0, 0.05) is 6.54 Å². The van der Waals surface area contributed by atoms with E-state index in [0.717, 1.165) is 0 Å². The predicted octanol–water partition coefficient (Wildman–Crippen LogP) is 3.22. The predicted molar refractivity (Wildman–Crippen MR) is 62.3 cm³/mol. The minimum atomic E-state index is 0.294. The highest BCUT2D eigenvalue weighted by Crippen LogP contribution is 2.28. The zero-order valence-electron chi connectivity index (χ0n) is 9.51. The van der Waals surface area contributed by atoms with Crippen molar-refractivity contribution in [3.05, 3.63) is 35.4 Å². The summed E-state index contributed by atoms with van der Waals surface area (Å²) in [6, 6.07) is 8.68. The molecule has 0 aliphatic rings. The van der Waals surface area contributed by atoms with E-state index in [1.165, 1.54) is 24.0 Å². The van der Waals surface area contributed by atoms with E-state index < -0.39 is 0 Å². The molecule has 0 atom stereocenters. The summed E-state index contributed by atoms with van der Waals surface area (Å²) >= 11 is 0. The van der Waals surface area contributed by atoms with Gasteiger partial charge in [0.25, 0.3) is 0 Å². The van der Waals surface area contributed by atoms with Gasteiger partial charge in [0.05, 0.1) is 0 Å². The van der Waals surface area contributed by atoms with Gasteiger partial charge in [-0.3, -0.25) is 0 Å².